The van der Waals surface area contributed by atoms with Crippen molar-refractivity contribution in [2.75, 3.05) is 23.8 Å². The van der Waals surface area contributed by atoms with E-state index >= 15 is 0 Å². The largest absolute Gasteiger partial charge is 0.384 e. The van der Waals surface area contributed by atoms with Crippen molar-refractivity contribution in [1.82, 2.24) is 0 Å². The maximum atomic E-state index is 3.50. The van der Waals surface area contributed by atoms with E-state index in [1.807, 2.05) is 0 Å². The summed E-state index contributed by atoms with van der Waals surface area (Å²) in [5.74, 6) is 0. The molecule has 2 aromatic rings. The van der Waals surface area contributed by atoms with Crippen LogP contribution < -0.4 is 10.2 Å². The number of halogens is 1. The van der Waals surface area contributed by atoms with E-state index in [0.717, 1.165) is 19.5 Å². The van der Waals surface area contributed by atoms with Gasteiger partial charge in [0, 0.05) is 31.5 Å². The van der Waals surface area contributed by atoms with Crippen molar-refractivity contribution in [2.24, 2.45) is 0 Å². The number of rotatable bonds is 3. The van der Waals surface area contributed by atoms with Gasteiger partial charge in [-0.1, -0.05) is 36.4 Å². The summed E-state index contributed by atoms with van der Waals surface area (Å²) in [5.41, 5.74) is 5.44. The molecule has 0 fully saturated rings. The molecule has 2 nitrogen and oxygen atoms in total. The third-order valence-corrected chi connectivity index (χ3v) is 3.54. The third-order valence-electron chi connectivity index (χ3n) is 3.54. The fourth-order valence-electron chi connectivity index (χ4n) is 2.57. The van der Waals surface area contributed by atoms with Crippen LogP contribution in [0.5, 0.6) is 0 Å². The van der Waals surface area contributed by atoms with Gasteiger partial charge >= 0.3 is 0 Å². The molecule has 0 spiro atoms. The van der Waals surface area contributed by atoms with Crippen molar-refractivity contribution in [3.05, 3.63) is 59.7 Å². The highest BCUT2D eigenvalue weighted by atomic mass is 35.5. The predicted octanol–water partition coefficient (Wildman–Crippen LogP) is 3.71. The zero-order valence-corrected chi connectivity index (χ0v) is 11.9. The second-order valence-electron chi connectivity index (χ2n) is 4.82. The van der Waals surface area contributed by atoms with Crippen LogP contribution in [-0.4, -0.2) is 13.6 Å². The molecule has 100 valence electrons. The molecule has 1 N–H and O–H groups in total. The summed E-state index contributed by atoms with van der Waals surface area (Å²) in [7, 11) is 2.14. The first-order valence-corrected chi connectivity index (χ1v) is 6.45. The topological polar surface area (TPSA) is 15.3 Å². The molecule has 3 rings (SSSR count). The van der Waals surface area contributed by atoms with Crippen LogP contribution in [0.4, 0.5) is 11.4 Å². The number of hydrogen-bond acceptors (Lipinski definition) is 2. The molecule has 0 aliphatic carbocycles. The quantitative estimate of drug-likeness (QED) is 0.918. The van der Waals surface area contributed by atoms with Crippen LogP contribution in [0.25, 0.3) is 0 Å². The number of nitrogens with one attached hydrogen (secondary N) is 1. The second-order valence-corrected chi connectivity index (χ2v) is 4.82. The fraction of sp³-hybridized carbons (Fsp3) is 0.250. The Kier molecular flexibility index (Phi) is 4.33. The van der Waals surface area contributed by atoms with E-state index < -0.39 is 0 Å². The normalized spacial score (nSPS) is 12.3. The van der Waals surface area contributed by atoms with Crippen LogP contribution in [-0.2, 0) is 13.0 Å². The molecule has 0 unspecified atom stereocenters. The molecule has 19 heavy (non-hydrogen) atoms. The van der Waals surface area contributed by atoms with Crippen LogP contribution in [0.15, 0.2) is 48.5 Å². The lowest BCUT2D eigenvalue weighted by Gasteiger charge is -2.21. The van der Waals surface area contributed by atoms with Gasteiger partial charge in [-0.3, -0.25) is 0 Å². The summed E-state index contributed by atoms with van der Waals surface area (Å²) in [4.78, 5) is 2.29. The summed E-state index contributed by atoms with van der Waals surface area (Å²) in [5, 5.41) is 3.50. The predicted molar refractivity (Wildman–Crippen MR) is 84.4 cm³/mol. The number of hydrogen-bond donors (Lipinski definition) is 1. The van der Waals surface area contributed by atoms with E-state index in [0.29, 0.717) is 0 Å². The van der Waals surface area contributed by atoms with E-state index in [1.165, 1.54) is 22.5 Å². The van der Waals surface area contributed by atoms with Crippen molar-refractivity contribution < 1.29 is 0 Å². The minimum Gasteiger partial charge on any atom is -0.384 e. The number of fused-ring (bicyclic) bond motifs is 1. The van der Waals surface area contributed by atoms with Crippen LogP contribution in [0.1, 0.15) is 11.1 Å². The van der Waals surface area contributed by atoms with Crippen LogP contribution >= 0.6 is 12.4 Å². The summed E-state index contributed by atoms with van der Waals surface area (Å²) < 4.78 is 0. The van der Waals surface area contributed by atoms with Gasteiger partial charge in [-0.05, 0) is 29.7 Å². The summed E-state index contributed by atoms with van der Waals surface area (Å²) in [6.07, 6.45) is 1.15. The second kappa shape index (κ2) is 5.98. The summed E-state index contributed by atoms with van der Waals surface area (Å²) >= 11 is 0. The van der Waals surface area contributed by atoms with Gasteiger partial charge in [0.05, 0.1) is 0 Å². The molecule has 1 aliphatic rings. The highest BCUT2D eigenvalue weighted by molar-refractivity contribution is 5.85. The molecular weight excluding hydrogens is 256 g/mol. The molecule has 0 radical (unpaired) electrons. The minimum absolute atomic E-state index is 0. The van der Waals surface area contributed by atoms with E-state index in [1.54, 1.807) is 0 Å². The van der Waals surface area contributed by atoms with Gasteiger partial charge in [-0.15, -0.1) is 12.4 Å². The van der Waals surface area contributed by atoms with Crippen molar-refractivity contribution in [3.63, 3.8) is 0 Å². The number of anilines is 2. The van der Waals surface area contributed by atoms with Crippen LogP contribution in [0.3, 0.4) is 0 Å². The monoisotopic (exact) mass is 274 g/mol. The first-order valence-electron chi connectivity index (χ1n) is 6.45. The average molecular weight is 275 g/mol. The zero-order valence-electron chi connectivity index (χ0n) is 11.1. The molecule has 0 atom stereocenters. The molecule has 1 aliphatic heterocycles. The van der Waals surface area contributed by atoms with E-state index in [9.17, 15) is 0 Å². The van der Waals surface area contributed by atoms with E-state index in [4.69, 9.17) is 0 Å². The van der Waals surface area contributed by atoms with Crippen LogP contribution in [0.2, 0.25) is 0 Å². The SMILES string of the molecule is CN(Cc1cccc2c1NCC2)c1ccccc1.Cl. The Hall–Kier alpha value is -1.67. The maximum Gasteiger partial charge on any atom is 0.0446 e. The van der Waals surface area contributed by atoms with Crippen molar-refractivity contribution in [3.8, 4) is 0 Å². The lowest BCUT2D eigenvalue weighted by Crippen LogP contribution is -2.17. The molecule has 0 bridgehead atoms. The van der Waals surface area contributed by atoms with Gasteiger partial charge in [-0.2, -0.15) is 0 Å². The first kappa shape index (κ1) is 13.8. The smallest absolute Gasteiger partial charge is 0.0446 e. The third kappa shape index (κ3) is 2.85. The molecule has 0 aromatic heterocycles. The molecule has 0 saturated carbocycles. The van der Waals surface area contributed by atoms with Crippen molar-refractivity contribution in [2.45, 2.75) is 13.0 Å². The number of para-hydroxylation sites is 2. The van der Waals surface area contributed by atoms with Crippen molar-refractivity contribution in [1.29, 1.82) is 0 Å². The van der Waals surface area contributed by atoms with E-state index in [-0.39, 0.29) is 12.4 Å². The van der Waals surface area contributed by atoms with Crippen LogP contribution in [0, 0.1) is 0 Å². The number of nitrogens with zero attached hydrogens (tertiary/aromatic N) is 1. The van der Waals surface area contributed by atoms with Gasteiger partial charge in [0.25, 0.3) is 0 Å². The van der Waals surface area contributed by atoms with Gasteiger partial charge in [-0.25, -0.2) is 0 Å². The first-order chi connectivity index (χ1) is 8.84. The lowest BCUT2D eigenvalue weighted by molar-refractivity contribution is 0.924. The molecule has 2 aromatic carbocycles. The van der Waals surface area contributed by atoms with Gasteiger partial charge in [0.15, 0.2) is 0 Å². The Morgan fingerprint density at radius 3 is 2.63 bits per heavy atom. The van der Waals surface area contributed by atoms with Gasteiger partial charge < -0.3 is 10.2 Å². The zero-order chi connectivity index (χ0) is 12.4. The summed E-state index contributed by atoms with van der Waals surface area (Å²) in [6, 6.07) is 17.1. The number of benzene rings is 2. The molecule has 3 heteroatoms. The lowest BCUT2D eigenvalue weighted by atomic mass is 10.1. The average Bonchev–Trinajstić information content (AvgIpc) is 2.89. The van der Waals surface area contributed by atoms with Gasteiger partial charge in [0.2, 0.25) is 0 Å². The Labute approximate surface area is 120 Å². The highest BCUT2D eigenvalue weighted by Crippen LogP contribution is 2.28. The molecule has 0 amide bonds. The Bertz CT molecular complexity index is 540. The Balaban J connectivity index is 0.00000133. The standard InChI is InChI=1S/C16H18N2.ClH/c1-18(15-8-3-2-4-9-15)12-14-7-5-6-13-10-11-17-16(13)14;/h2-9,17H,10-12H2,1H3;1H. The molecule has 1 heterocycles. The molecular formula is C16H19ClN2. The highest BCUT2D eigenvalue weighted by Gasteiger charge is 2.14. The van der Waals surface area contributed by atoms with Gasteiger partial charge in [0.1, 0.15) is 0 Å². The Morgan fingerprint density at radius 1 is 1.05 bits per heavy atom. The van der Waals surface area contributed by atoms with E-state index in [2.05, 4.69) is 65.8 Å². The Morgan fingerprint density at radius 2 is 1.84 bits per heavy atom. The maximum absolute atomic E-state index is 3.50. The summed E-state index contributed by atoms with van der Waals surface area (Å²) in [6.45, 7) is 2.02. The minimum atomic E-state index is 0. The fourth-order valence-corrected chi connectivity index (χ4v) is 2.57. The molecule has 0 saturated heterocycles. The van der Waals surface area contributed by atoms with Crippen molar-refractivity contribution >= 4 is 23.8 Å².